The van der Waals surface area contributed by atoms with Crippen LogP contribution in [0.25, 0.3) is 0 Å². The maximum Gasteiger partial charge on any atom is 0.225 e. The number of carbonyl (C=O) groups excluding carboxylic acids is 1. The number of nitrogens with one attached hydrogen (secondary N) is 3. The topological polar surface area (TPSA) is 78.0 Å². The van der Waals surface area contributed by atoms with E-state index in [1.165, 1.54) is 0 Å². The average molecular weight is 313 g/mol. The first-order valence-corrected chi connectivity index (χ1v) is 7.96. The minimum Gasteiger partial charge on any atom is -0.379 e. The number of guanidine groups is 1. The van der Waals surface area contributed by atoms with Crippen LogP contribution in [0.1, 0.15) is 20.8 Å². The Morgan fingerprint density at radius 3 is 2.27 bits per heavy atom. The van der Waals surface area contributed by atoms with Crippen LogP contribution in [0.4, 0.5) is 0 Å². The molecular weight excluding hydrogens is 282 g/mol. The van der Waals surface area contributed by atoms with E-state index in [2.05, 4.69) is 25.8 Å². The Bertz CT molecular complexity index is 359. The third-order valence-electron chi connectivity index (χ3n) is 3.43. The van der Waals surface area contributed by atoms with Crippen LogP contribution in [0, 0.1) is 5.41 Å². The lowest BCUT2D eigenvalue weighted by molar-refractivity contribution is -0.128. The molecule has 1 rings (SSSR count). The third-order valence-corrected chi connectivity index (χ3v) is 3.43. The van der Waals surface area contributed by atoms with Crippen molar-refractivity contribution in [3.8, 4) is 0 Å². The maximum atomic E-state index is 11.7. The number of hydrogen-bond donors (Lipinski definition) is 3. The summed E-state index contributed by atoms with van der Waals surface area (Å²) in [5.74, 6) is 0.822. The number of ether oxygens (including phenoxy) is 1. The van der Waals surface area contributed by atoms with Crippen molar-refractivity contribution in [1.82, 2.24) is 20.9 Å². The van der Waals surface area contributed by atoms with Crippen LogP contribution in [0.3, 0.4) is 0 Å². The molecule has 0 aromatic carbocycles. The molecule has 1 heterocycles. The number of nitrogens with zero attached hydrogens (tertiary/aromatic N) is 2. The number of aliphatic imine (C=N–C) groups is 1. The highest BCUT2D eigenvalue weighted by Crippen LogP contribution is 2.11. The van der Waals surface area contributed by atoms with Gasteiger partial charge in [0, 0.05) is 51.7 Å². The van der Waals surface area contributed by atoms with E-state index in [1.54, 1.807) is 7.05 Å². The summed E-state index contributed by atoms with van der Waals surface area (Å²) in [7, 11) is 1.75. The first kappa shape index (κ1) is 18.7. The molecule has 128 valence electrons. The standard InChI is InChI=1S/C15H31N5O2/c1-15(2,3)13(21)17-5-6-18-14(16-4)19-7-8-20-9-11-22-12-10-20/h5-12H2,1-4H3,(H,17,21)(H2,16,18,19). The zero-order valence-electron chi connectivity index (χ0n) is 14.4. The molecule has 0 atom stereocenters. The highest BCUT2D eigenvalue weighted by atomic mass is 16.5. The van der Waals surface area contributed by atoms with Gasteiger partial charge in [-0.3, -0.25) is 14.7 Å². The van der Waals surface area contributed by atoms with Gasteiger partial charge in [-0.15, -0.1) is 0 Å². The van der Waals surface area contributed by atoms with Crippen molar-refractivity contribution in [2.24, 2.45) is 10.4 Å². The molecule has 0 saturated carbocycles. The van der Waals surface area contributed by atoms with Gasteiger partial charge in [-0.05, 0) is 0 Å². The summed E-state index contributed by atoms with van der Waals surface area (Å²) < 4.78 is 5.32. The lowest BCUT2D eigenvalue weighted by Crippen LogP contribution is -2.46. The number of morpholine rings is 1. The summed E-state index contributed by atoms with van der Waals surface area (Å²) >= 11 is 0. The van der Waals surface area contributed by atoms with E-state index in [0.717, 1.165) is 45.4 Å². The second-order valence-corrected chi connectivity index (χ2v) is 6.39. The van der Waals surface area contributed by atoms with Gasteiger partial charge >= 0.3 is 0 Å². The predicted molar refractivity (Wildman–Crippen MR) is 89.1 cm³/mol. The molecule has 0 spiro atoms. The number of carbonyl (C=O) groups is 1. The Kier molecular flexibility index (Phi) is 8.19. The first-order valence-electron chi connectivity index (χ1n) is 7.96. The van der Waals surface area contributed by atoms with E-state index in [-0.39, 0.29) is 11.3 Å². The Morgan fingerprint density at radius 1 is 1.09 bits per heavy atom. The molecule has 0 unspecified atom stereocenters. The second-order valence-electron chi connectivity index (χ2n) is 6.39. The molecule has 7 heteroatoms. The molecule has 0 bridgehead atoms. The minimum absolute atomic E-state index is 0.0598. The number of hydrogen-bond acceptors (Lipinski definition) is 4. The number of amides is 1. The maximum absolute atomic E-state index is 11.7. The lowest BCUT2D eigenvalue weighted by Gasteiger charge is -2.26. The molecule has 1 aliphatic rings. The molecule has 1 amide bonds. The highest BCUT2D eigenvalue weighted by molar-refractivity contribution is 5.81. The van der Waals surface area contributed by atoms with Crippen molar-refractivity contribution in [2.45, 2.75) is 20.8 Å². The first-order chi connectivity index (χ1) is 10.4. The fourth-order valence-corrected chi connectivity index (χ4v) is 2.00. The van der Waals surface area contributed by atoms with Crippen LogP contribution in [0.15, 0.2) is 4.99 Å². The quantitative estimate of drug-likeness (QED) is 0.355. The van der Waals surface area contributed by atoms with Crippen molar-refractivity contribution in [3.63, 3.8) is 0 Å². The van der Waals surface area contributed by atoms with Gasteiger partial charge in [-0.25, -0.2) is 0 Å². The van der Waals surface area contributed by atoms with Gasteiger partial charge in [0.25, 0.3) is 0 Å². The molecule has 22 heavy (non-hydrogen) atoms. The molecule has 0 aromatic rings. The van der Waals surface area contributed by atoms with Gasteiger partial charge in [0.2, 0.25) is 5.91 Å². The molecule has 7 nitrogen and oxygen atoms in total. The molecule has 1 aliphatic heterocycles. The zero-order valence-corrected chi connectivity index (χ0v) is 14.4. The molecule has 1 fully saturated rings. The van der Waals surface area contributed by atoms with Gasteiger partial charge in [0.1, 0.15) is 0 Å². The molecule has 0 radical (unpaired) electrons. The second kappa shape index (κ2) is 9.63. The molecule has 1 saturated heterocycles. The third kappa shape index (κ3) is 7.61. The summed E-state index contributed by atoms with van der Waals surface area (Å²) in [6.45, 7) is 12.4. The van der Waals surface area contributed by atoms with E-state index in [9.17, 15) is 4.79 Å². The van der Waals surface area contributed by atoms with Crippen molar-refractivity contribution in [2.75, 3.05) is 59.5 Å². The van der Waals surface area contributed by atoms with Crippen LogP contribution >= 0.6 is 0 Å². The Balaban J connectivity index is 2.10. The molecule has 0 aliphatic carbocycles. The van der Waals surface area contributed by atoms with E-state index in [0.29, 0.717) is 13.1 Å². The van der Waals surface area contributed by atoms with E-state index in [4.69, 9.17) is 4.74 Å². The summed E-state index contributed by atoms with van der Waals surface area (Å²) in [5.41, 5.74) is -0.349. The van der Waals surface area contributed by atoms with E-state index in [1.807, 2.05) is 20.8 Å². The smallest absolute Gasteiger partial charge is 0.225 e. The normalized spacial score (nSPS) is 17.2. The highest BCUT2D eigenvalue weighted by Gasteiger charge is 2.20. The van der Waals surface area contributed by atoms with Crippen LogP contribution in [-0.4, -0.2) is 76.3 Å². The summed E-state index contributed by atoms with van der Waals surface area (Å²) in [4.78, 5) is 18.3. The Labute approximate surface area is 133 Å². The summed E-state index contributed by atoms with van der Waals surface area (Å²) in [6.07, 6.45) is 0. The number of rotatable bonds is 6. The minimum atomic E-state index is -0.349. The zero-order chi connectivity index (χ0) is 16.4. The van der Waals surface area contributed by atoms with E-state index >= 15 is 0 Å². The van der Waals surface area contributed by atoms with Crippen molar-refractivity contribution in [3.05, 3.63) is 0 Å². The molecule has 3 N–H and O–H groups in total. The summed E-state index contributed by atoms with van der Waals surface area (Å²) in [5, 5.41) is 9.38. The summed E-state index contributed by atoms with van der Waals surface area (Å²) in [6, 6.07) is 0. The Morgan fingerprint density at radius 2 is 1.68 bits per heavy atom. The lowest BCUT2D eigenvalue weighted by atomic mass is 9.96. The van der Waals surface area contributed by atoms with Crippen LogP contribution in [0.2, 0.25) is 0 Å². The van der Waals surface area contributed by atoms with Crippen LogP contribution < -0.4 is 16.0 Å². The Hall–Kier alpha value is -1.34. The molecular formula is C15H31N5O2. The van der Waals surface area contributed by atoms with Crippen LogP contribution in [-0.2, 0) is 9.53 Å². The van der Waals surface area contributed by atoms with Gasteiger partial charge in [-0.1, -0.05) is 20.8 Å². The van der Waals surface area contributed by atoms with Gasteiger partial charge in [-0.2, -0.15) is 0 Å². The van der Waals surface area contributed by atoms with Gasteiger partial charge in [0.05, 0.1) is 13.2 Å². The largest absolute Gasteiger partial charge is 0.379 e. The van der Waals surface area contributed by atoms with Crippen molar-refractivity contribution in [1.29, 1.82) is 0 Å². The van der Waals surface area contributed by atoms with Gasteiger partial charge in [0.15, 0.2) is 5.96 Å². The fourth-order valence-electron chi connectivity index (χ4n) is 2.00. The van der Waals surface area contributed by atoms with Gasteiger partial charge < -0.3 is 20.7 Å². The fraction of sp³-hybridized carbons (Fsp3) is 0.867. The van der Waals surface area contributed by atoms with Crippen molar-refractivity contribution >= 4 is 11.9 Å². The SMILES string of the molecule is CN=C(NCCNC(=O)C(C)(C)C)NCCN1CCOCC1. The van der Waals surface area contributed by atoms with Crippen molar-refractivity contribution < 1.29 is 9.53 Å². The van der Waals surface area contributed by atoms with E-state index < -0.39 is 0 Å². The van der Waals surface area contributed by atoms with Crippen LogP contribution in [0.5, 0.6) is 0 Å². The predicted octanol–water partition coefficient (Wildman–Crippen LogP) is -0.354. The monoisotopic (exact) mass is 313 g/mol. The molecule has 0 aromatic heterocycles. The average Bonchev–Trinajstić information content (AvgIpc) is 2.49.